The van der Waals surface area contributed by atoms with E-state index in [1.54, 1.807) is 0 Å². The van der Waals surface area contributed by atoms with E-state index in [2.05, 4.69) is 106 Å². The van der Waals surface area contributed by atoms with Crippen LogP contribution in [0.4, 0.5) is 0 Å². The van der Waals surface area contributed by atoms with Gasteiger partial charge in [-0.2, -0.15) is 0 Å². The molecule has 0 aliphatic heterocycles. The van der Waals surface area contributed by atoms with Gasteiger partial charge >= 0.3 is 0 Å². The molecular weight excluding hydrogens is 603 g/mol. The lowest BCUT2D eigenvalue weighted by Crippen LogP contribution is -2.26. The van der Waals surface area contributed by atoms with Crippen LogP contribution in [0.1, 0.15) is 47.9 Å². The fourth-order valence-electron chi connectivity index (χ4n) is 4.55. The van der Waals surface area contributed by atoms with Crippen LogP contribution in [0.15, 0.2) is 121 Å². The summed E-state index contributed by atoms with van der Waals surface area (Å²) < 4.78 is 0. The maximum atomic E-state index is 3.36. The zero-order valence-electron chi connectivity index (χ0n) is 26.3. The fourth-order valence-corrected chi connectivity index (χ4v) is 4.55. The van der Waals surface area contributed by atoms with E-state index in [1.165, 1.54) is 12.8 Å². The third-order valence-electron chi connectivity index (χ3n) is 6.94. The second-order valence-corrected chi connectivity index (χ2v) is 10.5. The van der Waals surface area contributed by atoms with Crippen molar-refractivity contribution in [3.05, 3.63) is 144 Å². The molecule has 0 saturated heterocycles. The van der Waals surface area contributed by atoms with Gasteiger partial charge in [0.05, 0.1) is 26.2 Å². The summed E-state index contributed by atoms with van der Waals surface area (Å²) in [5, 5.41) is 0. The van der Waals surface area contributed by atoms with Gasteiger partial charge in [0, 0.05) is 35.3 Å². The molecule has 0 aliphatic carbocycles. The number of halogens is 2. The largest absolute Gasteiger partial charge is 0.281 e. The van der Waals surface area contributed by atoms with Crippen LogP contribution in [0.5, 0.6) is 0 Å². The Hall–Kier alpha value is -4.38. The van der Waals surface area contributed by atoms with Crippen LogP contribution in [-0.4, -0.2) is 49.1 Å². The first kappa shape index (κ1) is 37.8. The lowest BCUT2D eigenvalue weighted by Gasteiger charge is -2.18. The molecule has 2 nitrogen and oxygen atoms in total. The summed E-state index contributed by atoms with van der Waals surface area (Å²) in [7, 11) is 0. The van der Waals surface area contributed by atoms with Gasteiger partial charge < -0.3 is 0 Å². The molecule has 0 saturated carbocycles. The highest BCUT2D eigenvalue weighted by atomic mass is 35.5. The fraction of sp³-hybridized carbons (Fsp3) is 0.238. The molecule has 4 aromatic carbocycles. The molecule has 4 rings (SSSR count). The number of hydrogen-bond donors (Lipinski definition) is 0. The van der Waals surface area contributed by atoms with Gasteiger partial charge in [-0.3, -0.25) is 9.80 Å². The van der Waals surface area contributed by atoms with Crippen molar-refractivity contribution in [2.24, 2.45) is 0 Å². The Kier molecular flexibility index (Phi) is 19.7. The van der Waals surface area contributed by atoms with Crippen molar-refractivity contribution in [2.45, 2.75) is 25.7 Å². The summed E-state index contributed by atoms with van der Waals surface area (Å²) in [5.74, 6) is 26.6. The van der Waals surface area contributed by atoms with Gasteiger partial charge in [0.2, 0.25) is 0 Å². The van der Waals surface area contributed by atoms with E-state index >= 15 is 0 Å². The van der Waals surface area contributed by atoms with Crippen LogP contribution < -0.4 is 0 Å². The van der Waals surface area contributed by atoms with Crippen LogP contribution in [-0.2, 0) is 0 Å². The normalized spacial score (nSPS) is 9.52. The van der Waals surface area contributed by atoms with Gasteiger partial charge in [0.1, 0.15) is 0 Å². The topological polar surface area (TPSA) is 6.48 Å². The lowest BCUT2D eigenvalue weighted by atomic mass is 10.1. The van der Waals surface area contributed by atoms with Gasteiger partial charge in [0.25, 0.3) is 0 Å². The van der Waals surface area contributed by atoms with E-state index in [1.807, 2.05) is 72.8 Å². The molecule has 0 fully saturated rings. The smallest absolute Gasteiger partial charge is 0.0613 e. The molecule has 0 bridgehead atoms. The molecule has 0 atom stereocenters. The summed E-state index contributed by atoms with van der Waals surface area (Å²) in [4.78, 5) is 4.72. The zero-order chi connectivity index (χ0) is 30.3. The predicted molar refractivity (Wildman–Crippen MR) is 199 cm³/mol. The Balaban J connectivity index is 0.00000368. The molecular formula is C42H42Cl2N2. The minimum Gasteiger partial charge on any atom is -0.281 e. The van der Waals surface area contributed by atoms with E-state index < -0.39 is 0 Å². The molecule has 0 aromatic heterocycles. The number of hydrogen-bond acceptors (Lipinski definition) is 2. The minimum absolute atomic E-state index is 0. The molecule has 0 radical (unpaired) electrons. The maximum absolute atomic E-state index is 3.36. The van der Waals surface area contributed by atoms with E-state index in [0.717, 1.165) is 48.2 Å². The number of unbranched alkanes of at least 4 members (excludes halogenated alkanes) is 3. The molecule has 0 unspecified atom stereocenters. The zero-order valence-corrected chi connectivity index (χ0v) is 28.0. The maximum Gasteiger partial charge on any atom is 0.0613 e. The lowest BCUT2D eigenvalue weighted by molar-refractivity contribution is 0.318. The highest BCUT2D eigenvalue weighted by Gasteiger charge is 2.04. The summed E-state index contributed by atoms with van der Waals surface area (Å²) in [5.41, 5.74) is 4.20. The average molecular weight is 646 g/mol. The number of benzene rings is 4. The first-order chi connectivity index (χ1) is 21.8. The van der Waals surface area contributed by atoms with E-state index in [9.17, 15) is 0 Å². The van der Waals surface area contributed by atoms with Crippen LogP contribution in [0.25, 0.3) is 0 Å². The van der Waals surface area contributed by atoms with E-state index in [0.29, 0.717) is 26.2 Å². The molecule has 0 N–H and O–H groups in total. The van der Waals surface area contributed by atoms with Gasteiger partial charge in [-0.1, -0.05) is 133 Å². The van der Waals surface area contributed by atoms with Crippen molar-refractivity contribution in [1.29, 1.82) is 0 Å². The van der Waals surface area contributed by atoms with Crippen molar-refractivity contribution in [2.75, 3.05) is 39.3 Å². The van der Waals surface area contributed by atoms with Crippen LogP contribution in [0.2, 0.25) is 0 Å². The van der Waals surface area contributed by atoms with Gasteiger partial charge in [0.15, 0.2) is 0 Å². The van der Waals surface area contributed by atoms with Crippen molar-refractivity contribution in [1.82, 2.24) is 9.80 Å². The molecule has 0 aliphatic rings. The molecule has 0 spiro atoms. The molecule has 4 aromatic rings. The van der Waals surface area contributed by atoms with Gasteiger partial charge in [-0.15, -0.1) is 24.8 Å². The van der Waals surface area contributed by atoms with Crippen LogP contribution in [0.3, 0.4) is 0 Å². The second kappa shape index (κ2) is 23.9. The van der Waals surface area contributed by atoms with Crippen LogP contribution >= 0.6 is 24.8 Å². The standard InChI is InChI=1S/C42H40N2.2ClH/c1(15-33-43(35-17-29-39-21-7-3-8-22-39)36-18-30-40-23-9-4-10-24-40)2-16-34-44(37-19-31-41-25-11-5-12-26-41)38-20-32-42-27-13-6-14-28-42;;/h3-14,21-28H,1-2,15-16,33-38H2;2*1H. The molecule has 0 amide bonds. The Labute approximate surface area is 289 Å². The third-order valence-corrected chi connectivity index (χ3v) is 6.94. The Morgan fingerprint density at radius 2 is 0.565 bits per heavy atom. The van der Waals surface area contributed by atoms with E-state index in [-0.39, 0.29) is 24.8 Å². The summed E-state index contributed by atoms with van der Waals surface area (Å²) in [6.07, 6.45) is 4.60. The number of rotatable bonds is 11. The minimum atomic E-state index is 0. The molecule has 4 heteroatoms. The quantitative estimate of drug-likeness (QED) is 0.120. The summed E-state index contributed by atoms with van der Waals surface area (Å²) in [6.45, 7) is 4.83. The van der Waals surface area contributed by atoms with Crippen molar-refractivity contribution in [3.8, 4) is 47.4 Å². The Morgan fingerprint density at radius 1 is 0.326 bits per heavy atom. The SMILES string of the molecule is C(#Cc1ccccc1)CN(CC#Cc1ccccc1)CCCCCCN(CC#Cc1ccccc1)CC#Cc1ccccc1.Cl.Cl. The Morgan fingerprint density at radius 3 is 0.804 bits per heavy atom. The van der Waals surface area contributed by atoms with Crippen molar-refractivity contribution >= 4 is 24.8 Å². The predicted octanol–water partition coefficient (Wildman–Crippen LogP) is 8.20. The first-order valence-corrected chi connectivity index (χ1v) is 15.5. The van der Waals surface area contributed by atoms with Crippen LogP contribution in [0, 0.1) is 47.4 Å². The molecule has 46 heavy (non-hydrogen) atoms. The van der Waals surface area contributed by atoms with E-state index in [4.69, 9.17) is 0 Å². The summed E-state index contributed by atoms with van der Waals surface area (Å²) >= 11 is 0. The second-order valence-electron chi connectivity index (χ2n) is 10.5. The molecule has 0 heterocycles. The summed E-state index contributed by atoms with van der Waals surface area (Å²) in [6, 6.07) is 40.7. The van der Waals surface area contributed by atoms with Gasteiger partial charge in [-0.05, 0) is 61.4 Å². The van der Waals surface area contributed by atoms with Crippen molar-refractivity contribution in [3.63, 3.8) is 0 Å². The average Bonchev–Trinajstić information content (AvgIpc) is 3.07. The third kappa shape index (κ3) is 16.1. The molecule has 234 valence electrons. The highest BCUT2D eigenvalue weighted by Crippen LogP contribution is 2.05. The number of nitrogens with zero attached hydrogens (tertiary/aromatic N) is 2. The van der Waals surface area contributed by atoms with Gasteiger partial charge in [-0.25, -0.2) is 0 Å². The first-order valence-electron chi connectivity index (χ1n) is 15.5. The highest BCUT2D eigenvalue weighted by molar-refractivity contribution is 5.85. The monoisotopic (exact) mass is 644 g/mol. The Bertz CT molecular complexity index is 1380. The van der Waals surface area contributed by atoms with Crippen molar-refractivity contribution < 1.29 is 0 Å².